The number of hydrogen-bond donors (Lipinski definition) is 1. The third-order valence-electron chi connectivity index (χ3n) is 10.2. The minimum Gasteiger partial charge on any atom is -0.504 e. The Kier molecular flexibility index (Phi) is 6.90. The summed E-state index contributed by atoms with van der Waals surface area (Å²) in [4.78, 5) is 29.9. The molecule has 0 unspecified atom stereocenters. The number of likely N-dealkylation sites (N-methyl/N-ethyl adjacent to an activating group) is 1. The highest BCUT2D eigenvalue weighted by Gasteiger charge is 2.67. The summed E-state index contributed by atoms with van der Waals surface area (Å²) in [5, 5.41) is 11.2. The number of rotatable bonds is 5. The van der Waals surface area contributed by atoms with E-state index in [-0.39, 0.29) is 35.8 Å². The van der Waals surface area contributed by atoms with E-state index in [0.29, 0.717) is 11.5 Å². The number of benzene rings is 3. The van der Waals surface area contributed by atoms with Crippen LogP contribution in [-0.4, -0.2) is 65.1 Å². The number of nitrogens with zero attached hydrogens (tertiary/aromatic N) is 2. The molecule has 4 aliphatic rings. The zero-order valence-corrected chi connectivity index (χ0v) is 24.6. The van der Waals surface area contributed by atoms with Crippen LogP contribution in [0.25, 0.3) is 0 Å². The van der Waals surface area contributed by atoms with Gasteiger partial charge in [0.15, 0.2) is 11.5 Å². The molecule has 1 saturated carbocycles. The molecule has 3 aromatic carbocycles. The predicted octanol–water partition coefficient (Wildman–Crippen LogP) is 4.48. The van der Waals surface area contributed by atoms with Crippen LogP contribution < -0.4 is 9.47 Å². The minimum absolute atomic E-state index is 0.0147. The first kappa shape index (κ1) is 27.5. The lowest BCUT2D eigenvalue weighted by molar-refractivity contribution is -0.135. The van der Waals surface area contributed by atoms with Gasteiger partial charge in [0, 0.05) is 60.7 Å². The minimum atomic E-state index is -0.416. The first-order valence-electron chi connectivity index (χ1n) is 15.2. The number of likely N-dealkylation sites (tertiary alicyclic amines) is 1. The summed E-state index contributed by atoms with van der Waals surface area (Å²) in [5.41, 5.74) is 3.65. The van der Waals surface area contributed by atoms with Crippen molar-refractivity contribution >= 4 is 11.9 Å². The molecule has 2 bridgehead atoms. The topological polar surface area (TPSA) is 79.3 Å². The van der Waals surface area contributed by atoms with Gasteiger partial charge < -0.3 is 19.5 Å². The zero-order valence-electron chi connectivity index (χ0n) is 24.6. The van der Waals surface area contributed by atoms with Crippen molar-refractivity contribution in [1.82, 2.24) is 9.80 Å². The maximum Gasteiger partial charge on any atom is 0.308 e. The highest BCUT2D eigenvalue weighted by atomic mass is 16.5. The molecule has 7 heteroatoms. The van der Waals surface area contributed by atoms with Crippen molar-refractivity contribution in [3.8, 4) is 29.1 Å². The summed E-state index contributed by atoms with van der Waals surface area (Å²) >= 11 is 0. The largest absolute Gasteiger partial charge is 0.504 e. The van der Waals surface area contributed by atoms with Crippen LogP contribution >= 0.6 is 0 Å². The number of phenolic OH excluding ortho intramolecular Hbond substituents is 1. The second-order valence-electron chi connectivity index (χ2n) is 12.3. The van der Waals surface area contributed by atoms with E-state index >= 15 is 0 Å². The number of phenols is 1. The summed E-state index contributed by atoms with van der Waals surface area (Å²) in [7, 11) is 1.82. The molecule has 2 heterocycles. The SMILES string of the molecule is CC(=O)Oc1cc(O)c2c3c1C[C@@H]1[C@@H]4CC[C@@H](N(C)C(=O)C#Cc5ccccc5)[C@H](O2)[C@]34CCN1CCc1ccccc1. The van der Waals surface area contributed by atoms with Gasteiger partial charge in [0.2, 0.25) is 0 Å². The molecule has 7 rings (SSSR count). The van der Waals surface area contributed by atoms with Crippen LogP contribution in [0.5, 0.6) is 17.2 Å². The van der Waals surface area contributed by atoms with Gasteiger partial charge in [-0.3, -0.25) is 14.5 Å². The molecule has 7 nitrogen and oxygen atoms in total. The standard InChI is InChI=1S/C36H36N2O5/c1-23(39)42-31-22-30(40)34-33-26(31)21-29-27-14-15-28(37(2)32(41)16-13-24-9-5-3-6-10-24)35(43-34)36(27,33)18-20-38(29)19-17-25-11-7-4-8-12-25/h3-12,22,27-29,35,40H,14-15,17-21H2,1-2H3/t27-,28+,29+,35-,36-/m0/s1. The van der Waals surface area contributed by atoms with E-state index in [1.165, 1.54) is 18.6 Å². The Morgan fingerprint density at radius 1 is 1.12 bits per heavy atom. The molecule has 1 saturated heterocycles. The molecule has 43 heavy (non-hydrogen) atoms. The normalized spacial score (nSPS) is 26.4. The van der Waals surface area contributed by atoms with Crippen LogP contribution in [0, 0.1) is 17.8 Å². The summed E-state index contributed by atoms with van der Waals surface area (Å²) < 4.78 is 12.4. The van der Waals surface area contributed by atoms with Crippen molar-refractivity contribution in [1.29, 1.82) is 0 Å². The van der Waals surface area contributed by atoms with E-state index in [4.69, 9.17) is 9.47 Å². The van der Waals surface area contributed by atoms with Crippen molar-refractivity contribution in [2.75, 3.05) is 20.1 Å². The van der Waals surface area contributed by atoms with E-state index < -0.39 is 11.4 Å². The number of hydrogen-bond acceptors (Lipinski definition) is 6. The van der Waals surface area contributed by atoms with E-state index in [1.807, 2.05) is 43.4 Å². The van der Waals surface area contributed by atoms with Crippen LogP contribution in [0.4, 0.5) is 0 Å². The number of esters is 1. The number of ether oxygens (including phenoxy) is 2. The average molecular weight is 577 g/mol. The number of carbonyl (C=O) groups is 2. The molecule has 1 spiro atoms. The van der Waals surface area contributed by atoms with Crippen molar-refractivity contribution in [3.63, 3.8) is 0 Å². The Hall–Kier alpha value is -4.28. The molecule has 1 N–H and O–H groups in total. The van der Waals surface area contributed by atoms with Gasteiger partial charge in [-0.1, -0.05) is 54.5 Å². The second-order valence-corrected chi connectivity index (χ2v) is 12.3. The quantitative estimate of drug-likeness (QED) is 0.274. The molecule has 3 aromatic rings. The predicted molar refractivity (Wildman–Crippen MR) is 162 cm³/mol. The van der Waals surface area contributed by atoms with Gasteiger partial charge >= 0.3 is 5.97 Å². The lowest BCUT2D eigenvalue weighted by atomic mass is 9.50. The molecule has 2 fully saturated rings. The molecular weight excluding hydrogens is 540 g/mol. The molecule has 0 aromatic heterocycles. The van der Waals surface area contributed by atoms with Gasteiger partial charge in [0.1, 0.15) is 11.9 Å². The van der Waals surface area contributed by atoms with Crippen molar-refractivity contribution < 1.29 is 24.2 Å². The fraction of sp³-hybridized carbons (Fsp3) is 0.389. The number of aromatic hydroxyl groups is 1. The van der Waals surface area contributed by atoms with E-state index in [0.717, 1.165) is 61.9 Å². The average Bonchev–Trinajstić information content (AvgIpc) is 3.36. The van der Waals surface area contributed by atoms with Gasteiger partial charge in [0.05, 0.1) is 6.04 Å². The van der Waals surface area contributed by atoms with Crippen LogP contribution in [0.2, 0.25) is 0 Å². The highest BCUT2D eigenvalue weighted by Crippen LogP contribution is 2.65. The van der Waals surface area contributed by atoms with E-state index in [2.05, 4.69) is 41.0 Å². The second kappa shape index (κ2) is 10.8. The highest BCUT2D eigenvalue weighted by molar-refractivity contribution is 5.94. The lowest BCUT2D eigenvalue weighted by Gasteiger charge is -2.60. The fourth-order valence-corrected chi connectivity index (χ4v) is 8.37. The van der Waals surface area contributed by atoms with Gasteiger partial charge in [-0.25, -0.2) is 0 Å². The first-order chi connectivity index (χ1) is 20.9. The molecule has 5 atom stereocenters. The number of amides is 1. The van der Waals surface area contributed by atoms with Crippen LogP contribution in [0.3, 0.4) is 0 Å². The van der Waals surface area contributed by atoms with E-state index in [9.17, 15) is 14.7 Å². The third-order valence-corrected chi connectivity index (χ3v) is 10.2. The van der Waals surface area contributed by atoms with E-state index in [1.54, 1.807) is 4.90 Å². The lowest BCUT2D eigenvalue weighted by Crippen LogP contribution is -2.69. The Morgan fingerprint density at radius 3 is 2.60 bits per heavy atom. The number of piperidine rings is 1. The first-order valence-corrected chi connectivity index (χ1v) is 15.2. The molecule has 2 aliphatic heterocycles. The monoisotopic (exact) mass is 576 g/mol. The van der Waals surface area contributed by atoms with Gasteiger partial charge in [-0.15, -0.1) is 0 Å². The molecule has 220 valence electrons. The Balaban J connectivity index is 1.25. The summed E-state index contributed by atoms with van der Waals surface area (Å²) in [6.07, 6.45) is 3.91. The molecule has 1 amide bonds. The van der Waals surface area contributed by atoms with Crippen molar-refractivity contribution in [2.24, 2.45) is 5.92 Å². The molecule has 2 aliphatic carbocycles. The maximum absolute atomic E-state index is 13.4. The summed E-state index contributed by atoms with van der Waals surface area (Å²) in [5.74, 6) is 6.35. The smallest absolute Gasteiger partial charge is 0.308 e. The summed E-state index contributed by atoms with van der Waals surface area (Å²) in [6, 6.07) is 21.6. The van der Waals surface area contributed by atoms with Crippen LogP contribution in [0.15, 0.2) is 66.7 Å². The van der Waals surface area contributed by atoms with Crippen molar-refractivity contribution in [3.05, 3.63) is 89.0 Å². The third kappa shape index (κ3) is 4.56. The fourth-order valence-electron chi connectivity index (χ4n) is 8.37. The molecular formula is C36H36N2O5. The Bertz CT molecular complexity index is 1630. The van der Waals surface area contributed by atoms with Gasteiger partial charge in [0.25, 0.3) is 5.91 Å². The van der Waals surface area contributed by atoms with Crippen molar-refractivity contribution in [2.45, 2.75) is 62.6 Å². The van der Waals surface area contributed by atoms with Gasteiger partial charge in [-0.2, -0.15) is 0 Å². The van der Waals surface area contributed by atoms with Gasteiger partial charge in [-0.05, 0) is 62.3 Å². The summed E-state index contributed by atoms with van der Waals surface area (Å²) in [6.45, 7) is 3.22. The number of carbonyl (C=O) groups excluding carboxylic acids is 2. The zero-order chi connectivity index (χ0) is 29.7. The Morgan fingerprint density at radius 2 is 1.86 bits per heavy atom. The Labute approximate surface area is 252 Å². The van der Waals surface area contributed by atoms with Crippen LogP contribution in [0.1, 0.15) is 48.4 Å². The van der Waals surface area contributed by atoms with Crippen LogP contribution in [-0.2, 0) is 27.8 Å². The molecule has 0 radical (unpaired) electrons. The maximum atomic E-state index is 13.4.